The summed E-state index contributed by atoms with van der Waals surface area (Å²) in [5.74, 6) is -7.16. The average Bonchev–Trinajstić information content (AvgIpc) is 3.16. The molecule has 1 aromatic heterocycles. The average molecular weight is 560 g/mol. The number of carbonyl (C=O) groups excluding carboxylic acids is 2. The van der Waals surface area contributed by atoms with Gasteiger partial charge in [-0.1, -0.05) is 0 Å². The number of hydrogen-bond acceptors (Lipinski definition) is 6. The molecule has 39 heavy (non-hydrogen) atoms. The first kappa shape index (κ1) is 27.0. The number of hydroxylamine groups is 2. The quantitative estimate of drug-likeness (QED) is 0.558. The number of alkyl halides is 3. The SMILES string of the molecule is C[C@H]1CC[C@]2(CC(C(F)(F)F)N(Cc3c(F)cc(F)cc3F)O2)[C@H]2CN1C(=O)c1c(O)c(=O)c(C(N)=O)cn12. The molecule has 2 amide bonds. The molecule has 3 N–H and O–H groups in total. The van der Waals surface area contributed by atoms with Gasteiger partial charge in [0.15, 0.2) is 11.4 Å². The molecule has 2 fully saturated rings. The van der Waals surface area contributed by atoms with Gasteiger partial charge >= 0.3 is 6.18 Å². The van der Waals surface area contributed by atoms with Crippen molar-refractivity contribution in [2.45, 2.75) is 62.6 Å². The number of carbonyl (C=O) groups is 2. The summed E-state index contributed by atoms with van der Waals surface area (Å²) in [6, 6.07) is -3.41. The maximum atomic E-state index is 14.4. The highest BCUT2D eigenvalue weighted by Gasteiger charge is 2.62. The van der Waals surface area contributed by atoms with Gasteiger partial charge in [-0.3, -0.25) is 19.2 Å². The molecule has 2 aromatic rings. The maximum Gasteiger partial charge on any atom is 0.406 e. The van der Waals surface area contributed by atoms with E-state index in [1.54, 1.807) is 6.92 Å². The Morgan fingerprint density at radius 3 is 2.44 bits per heavy atom. The predicted molar refractivity (Wildman–Crippen MR) is 120 cm³/mol. The molecule has 4 atom stereocenters. The lowest BCUT2D eigenvalue weighted by molar-refractivity contribution is -0.269. The Morgan fingerprint density at radius 2 is 1.85 bits per heavy atom. The Kier molecular flexibility index (Phi) is 6.21. The molecule has 2 saturated heterocycles. The second kappa shape index (κ2) is 8.98. The zero-order valence-electron chi connectivity index (χ0n) is 20.3. The predicted octanol–water partition coefficient (Wildman–Crippen LogP) is 2.76. The molecule has 0 aliphatic carbocycles. The number of nitrogens with two attached hydrogens (primary N) is 1. The zero-order valence-corrected chi connectivity index (χ0v) is 20.3. The van der Waals surface area contributed by atoms with E-state index in [-0.39, 0.29) is 19.4 Å². The first-order chi connectivity index (χ1) is 18.1. The highest BCUT2D eigenvalue weighted by molar-refractivity contribution is 5.99. The Balaban J connectivity index is 1.66. The number of benzene rings is 1. The van der Waals surface area contributed by atoms with Crippen molar-refractivity contribution in [3.63, 3.8) is 0 Å². The van der Waals surface area contributed by atoms with E-state index in [1.165, 1.54) is 4.90 Å². The standard InChI is InChI=1S/C24H22F6N4O5/c1-10-2-3-23(17-9-32(10)22(38)18-20(36)19(35)13(21(31)37)7-33(17)18)6-16(24(28,29)30)34(39-23)8-12-14(26)4-11(25)5-15(12)27/h4-5,7,10,16-17,36H,2-3,6,8-9H2,1H3,(H2,31,37)/t10-,16?,17+,23-/m0/s1. The van der Waals surface area contributed by atoms with Crippen LogP contribution < -0.4 is 11.2 Å². The third-order valence-corrected chi connectivity index (χ3v) is 7.75. The number of nitrogens with zero attached hydrogens (tertiary/aromatic N) is 3. The van der Waals surface area contributed by atoms with Crippen LogP contribution in [0.4, 0.5) is 26.3 Å². The number of aromatic hydroxyl groups is 1. The summed E-state index contributed by atoms with van der Waals surface area (Å²) in [6.07, 6.45) is -4.71. The molecule has 1 spiro atoms. The highest BCUT2D eigenvalue weighted by Crippen LogP contribution is 2.51. The van der Waals surface area contributed by atoms with E-state index in [4.69, 9.17) is 10.6 Å². The second-order valence-electron chi connectivity index (χ2n) is 10.0. The first-order valence-corrected chi connectivity index (χ1v) is 11.9. The number of hydrogen-bond donors (Lipinski definition) is 2. The normalized spacial score (nSPS) is 27.1. The van der Waals surface area contributed by atoms with Crippen molar-refractivity contribution in [2.75, 3.05) is 6.54 Å². The van der Waals surface area contributed by atoms with Gasteiger partial charge < -0.3 is 20.3 Å². The van der Waals surface area contributed by atoms with E-state index in [9.17, 15) is 45.8 Å². The molecular weight excluding hydrogens is 538 g/mol. The minimum Gasteiger partial charge on any atom is -0.503 e. The molecule has 1 unspecified atom stereocenters. The molecule has 15 heteroatoms. The summed E-state index contributed by atoms with van der Waals surface area (Å²) in [4.78, 5) is 44.8. The summed E-state index contributed by atoms with van der Waals surface area (Å²) in [5.41, 5.74) is 0.200. The Bertz CT molecular complexity index is 1420. The van der Waals surface area contributed by atoms with Crippen molar-refractivity contribution in [3.05, 3.63) is 62.8 Å². The lowest BCUT2D eigenvalue weighted by Gasteiger charge is -2.42. The van der Waals surface area contributed by atoms with Crippen molar-refractivity contribution >= 4 is 11.8 Å². The topological polar surface area (TPSA) is 118 Å². The summed E-state index contributed by atoms with van der Waals surface area (Å²) in [7, 11) is 0. The Hall–Kier alpha value is -3.59. The summed E-state index contributed by atoms with van der Waals surface area (Å²) < 4.78 is 86.1. The number of primary amides is 1. The number of halogens is 6. The van der Waals surface area contributed by atoms with Crippen molar-refractivity contribution < 1.29 is 45.9 Å². The molecular formula is C24H22F6N4O5. The summed E-state index contributed by atoms with van der Waals surface area (Å²) in [6.45, 7) is 0.391. The lowest BCUT2D eigenvalue weighted by atomic mass is 9.83. The fraction of sp³-hybridized carbons (Fsp3) is 0.458. The van der Waals surface area contributed by atoms with E-state index in [0.29, 0.717) is 17.2 Å². The van der Waals surface area contributed by atoms with E-state index in [0.717, 1.165) is 10.8 Å². The van der Waals surface area contributed by atoms with Crippen molar-refractivity contribution in [1.82, 2.24) is 14.5 Å². The van der Waals surface area contributed by atoms with Crippen LogP contribution in [0.25, 0.3) is 0 Å². The maximum absolute atomic E-state index is 14.4. The number of amides is 2. The van der Waals surface area contributed by atoms with Gasteiger partial charge in [0.2, 0.25) is 5.43 Å². The minimum atomic E-state index is -4.94. The van der Waals surface area contributed by atoms with Crippen molar-refractivity contribution in [1.29, 1.82) is 0 Å². The van der Waals surface area contributed by atoms with Gasteiger partial charge in [0.05, 0.1) is 12.6 Å². The van der Waals surface area contributed by atoms with Crippen LogP contribution in [0.3, 0.4) is 0 Å². The van der Waals surface area contributed by atoms with E-state index in [1.807, 2.05) is 0 Å². The van der Waals surface area contributed by atoms with Crippen LogP contribution in [0.15, 0.2) is 23.1 Å². The summed E-state index contributed by atoms with van der Waals surface area (Å²) in [5, 5.41) is 11.0. The van der Waals surface area contributed by atoms with Crippen LogP contribution in [0, 0.1) is 17.5 Å². The van der Waals surface area contributed by atoms with Gasteiger partial charge in [-0.25, -0.2) is 13.2 Å². The minimum absolute atomic E-state index is 0.0711. The van der Waals surface area contributed by atoms with Crippen molar-refractivity contribution in [2.24, 2.45) is 5.73 Å². The molecule has 5 rings (SSSR count). The highest BCUT2D eigenvalue weighted by atomic mass is 19.4. The molecule has 4 heterocycles. The fourth-order valence-electron chi connectivity index (χ4n) is 5.73. The summed E-state index contributed by atoms with van der Waals surface area (Å²) >= 11 is 0. The molecule has 0 saturated carbocycles. The fourth-order valence-corrected chi connectivity index (χ4v) is 5.73. The Labute approximate surface area is 216 Å². The number of pyridine rings is 1. The van der Waals surface area contributed by atoms with Crippen LogP contribution in [-0.4, -0.2) is 61.9 Å². The van der Waals surface area contributed by atoms with Gasteiger partial charge in [-0.05, 0) is 19.8 Å². The number of rotatable bonds is 3. The van der Waals surface area contributed by atoms with Gasteiger partial charge in [-0.2, -0.15) is 18.2 Å². The van der Waals surface area contributed by atoms with Gasteiger partial charge in [0, 0.05) is 42.9 Å². The third kappa shape index (κ3) is 4.23. The van der Waals surface area contributed by atoms with E-state index in [2.05, 4.69) is 0 Å². The van der Waals surface area contributed by atoms with Gasteiger partial charge in [0.25, 0.3) is 11.8 Å². The van der Waals surface area contributed by atoms with E-state index < -0.39 is 100 Å². The molecule has 2 bridgehead atoms. The van der Waals surface area contributed by atoms with E-state index >= 15 is 0 Å². The van der Waals surface area contributed by atoms with Gasteiger partial charge in [0.1, 0.15) is 34.7 Å². The van der Waals surface area contributed by atoms with Crippen LogP contribution >= 0.6 is 0 Å². The molecule has 3 aliphatic heterocycles. The zero-order chi connectivity index (χ0) is 28.6. The first-order valence-electron chi connectivity index (χ1n) is 11.9. The van der Waals surface area contributed by atoms with Crippen LogP contribution in [-0.2, 0) is 11.4 Å². The molecule has 210 valence electrons. The van der Waals surface area contributed by atoms with Crippen LogP contribution in [0.1, 0.15) is 58.6 Å². The van der Waals surface area contributed by atoms with Crippen LogP contribution in [0.5, 0.6) is 5.75 Å². The number of fused-ring (bicyclic) bond motifs is 5. The Morgan fingerprint density at radius 1 is 1.21 bits per heavy atom. The van der Waals surface area contributed by atoms with Gasteiger partial charge in [-0.15, -0.1) is 0 Å². The second-order valence-corrected chi connectivity index (χ2v) is 10.0. The lowest BCUT2D eigenvalue weighted by Crippen LogP contribution is -2.52. The molecule has 3 aliphatic rings. The van der Waals surface area contributed by atoms with Crippen LogP contribution in [0.2, 0.25) is 0 Å². The molecule has 1 aromatic carbocycles. The smallest absolute Gasteiger partial charge is 0.406 e. The number of aromatic nitrogens is 1. The monoisotopic (exact) mass is 560 g/mol. The molecule has 0 radical (unpaired) electrons. The third-order valence-electron chi connectivity index (χ3n) is 7.75. The largest absolute Gasteiger partial charge is 0.503 e. The molecule has 9 nitrogen and oxygen atoms in total. The van der Waals surface area contributed by atoms with Crippen molar-refractivity contribution in [3.8, 4) is 5.75 Å².